The molecule has 18 heavy (non-hydrogen) atoms. The van der Waals surface area contributed by atoms with Crippen LogP contribution in [-0.2, 0) is 0 Å². The van der Waals surface area contributed by atoms with Crippen molar-refractivity contribution >= 4 is 11.3 Å². The first-order valence-corrected chi connectivity index (χ1v) is 8.35. The van der Waals surface area contributed by atoms with Crippen molar-refractivity contribution in [3.05, 3.63) is 21.9 Å². The van der Waals surface area contributed by atoms with Crippen molar-refractivity contribution in [3.8, 4) is 0 Å². The summed E-state index contributed by atoms with van der Waals surface area (Å²) in [6.07, 6.45) is 8.50. The Kier molecular flexibility index (Phi) is 5.25. The standard InChI is InChI=1S/C16H27NS/c1-4-5-13-6-8-14(9-7-13)16(17-3)15-10-11-18-12(15)2/h10-11,13-14,16-17H,4-9H2,1-3H3. The maximum atomic E-state index is 3.57. The minimum absolute atomic E-state index is 0.582. The Morgan fingerprint density at radius 2 is 2.06 bits per heavy atom. The molecule has 1 aromatic rings. The van der Waals surface area contributed by atoms with Gasteiger partial charge in [-0.3, -0.25) is 0 Å². The second kappa shape index (κ2) is 6.72. The first-order valence-electron chi connectivity index (χ1n) is 7.47. The zero-order valence-electron chi connectivity index (χ0n) is 12.0. The van der Waals surface area contributed by atoms with Crippen LogP contribution >= 0.6 is 11.3 Å². The minimum atomic E-state index is 0.582. The predicted octanol–water partition coefficient (Wildman–Crippen LogP) is 4.92. The first-order chi connectivity index (χ1) is 8.76. The van der Waals surface area contributed by atoms with Crippen LogP contribution in [0.1, 0.15) is 61.9 Å². The highest BCUT2D eigenvalue weighted by molar-refractivity contribution is 7.10. The van der Waals surface area contributed by atoms with Crippen molar-refractivity contribution in [2.24, 2.45) is 11.8 Å². The second-order valence-electron chi connectivity index (χ2n) is 5.77. The van der Waals surface area contributed by atoms with Gasteiger partial charge in [-0.15, -0.1) is 11.3 Å². The Morgan fingerprint density at radius 3 is 2.56 bits per heavy atom. The van der Waals surface area contributed by atoms with Crippen LogP contribution in [0.2, 0.25) is 0 Å². The summed E-state index contributed by atoms with van der Waals surface area (Å²) >= 11 is 1.88. The summed E-state index contributed by atoms with van der Waals surface area (Å²) < 4.78 is 0. The van der Waals surface area contributed by atoms with E-state index in [9.17, 15) is 0 Å². The zero-order valence-corrected chi connectivity index (χ0v) is 12.9. The average molecular weight is 265 g/mol. The molecule has 102 valence electrons. The molecule has 0 bridgehead atoms. The summed E-state index contributed by atoms with van der Waals surface area (Å²) in [6, 6.07) is 2.90. The molecule has 1 fully saturated rings. The van der Waals surface area contributed by atoms with E-state index < -0.39 is 0 Å². The lowest BCUT2D eigenvalue weighted by Crippen LogP contribution is -2.28. The van der Waals surface area contributed by atoms with E-state index in [2.05, 4.69) is 37.7 Å². The molecular formula is C16H27NS. The molecule has 0 aromatic carbocycles. The minimum Gasteiger partial charge on any atom is -0.313 e. The molecule has 1 N–H and O–H groups in total. The van der Waals surface area contributed by atoms with Gasteiger partial charge in [-0.2, -0.15) is 0 Å². The van der Waals surface area contributed by atoms with Crippen molar-refractivity contribution in [1.82, 2.24) is 5.32 Å². The van der Waals surface area contributed by atoms with Crippen molar-refractivity contribution in [2.75, 3.05) is 7.05 Å². The topological polar surface area (TPSA) is 12.0 Å². The Hall–Kier alpha value is -0.340. The number of thiophene rings is 1. The zero-order chi connectivity index (χ0) is 13.0. The van der Waals surface area contributed by atoms with E-state index in [1.807, 2.05) is 11.3 Å². The van der Waals surface area contributed by atoms with Gasteiger partial charge in [0.05, 0.1) is 0 Å². The molecule has 0 spiro atoms. The number of aryl methyl sites for hydroxylation is 1. The summed E-state index contributed by atoms with van der Waals surface area (Å²) in [7, 11) is 2.12. The fraction of sp³-hybridized carbons (Fsp3) is 0.750. The van der Waals surface area contributed by atoms with Crippen LogP contribution in [0.5, 0.6) is 0 Å². The summed E-state index contributed by atoms with van der Waals surface area (Å²) in [5.41, 5.74) is 1.54. The number of hydrogen-bond acceptors (Lipinski definition) is 2. The van der Waals surface area contributed by atoms with Crippen molar-refractivity contribution in [3.63, 3.8) is 0 Å². The molecule has 1 aliphatic carbocycles. The third-order valence-electron chi connectivity index (χ3n) is 4.60. The summed E-state index contributed by atoms with van der Waals surface area (Å²) in [4.78, 5) is 1.49. The summed E-state index contributed by atoms with van der Waals surface area (Å²) in [5.74, 6) is 1.85. The van der Waals surface area contributed by atoms with E-state index in [1.165, 1.54) is 43.4 Å². The highest BCUT2D eigenvalue weighted by Gasteiger charge is 2.28. The molecule has 1 nitrogen and oxygen atoms in total. The molecule has 1 unspecified atom stereocenters. The smallest absolute Gasteiger partial charge is 0.0357 e. The van der Waals surface area contributed by atoms with Crippen LogP contribution in [0, 0.1) is 18.8 Å². The molecule has 0 saturated heterocycles. The molecule has 1 heterocycles. The van der Waals surface area contributed by atoms with Gasteiger partial charge < -0.3 is 5.32 Å². The lowest BCUT2D eigenvalue weighted by atomic mass is 9.75. The van der Waals surface area contributed by atoms with Gasteiger partial charge in [0.15, 0.2) is 0 Å². The highest BCUT2D eigenvalue weighted by Crippen LogP contribution is 2.39. The molecule has 0 radical (unpaired) electrons. The molecule has 0 aliphatic heterocycles. The van der Waals surface area contributed by atoms with Crippen LogP contribution in [0.4, 0.5) is 0 Å². The van der Waals surface area contributed by atoms with Gasteiger partial charge in [0.25, 0.3) is 0 Å². The van der Waals surface area contributed by atoms with Crippen LogP contribution in [-0.4, -0.2) is 7.05 Å². The van der Waals surface area contributed by atoms with Crippen molar-refractivity contribution < 1.29 is 0 Å². The van der Waals surface area contributed by atoms with Crippen LogP contribution < -0.4 is 5.32 Å². The Bertz CT molecular complexity index is 350. The van der Waals surface area contributed by atoms with Gasteiger partial charge in [0.1, 0.15) is 0 Å². The summed E-state index contributed by atoms with van der Waals surface area (Å²) in [6.45, 7) is 4.57. The molecule has 2 rings (SSSR count). The molecule has 1 aromatic heterocycles. The SMILES string of the molecule is CCCC1CCC(C(NC)c2ccsc2C)CC1. The maximum absolute atomic E-state index is 3.57. The maximum Gasteiger partial charge on any atom is 0.0357 e. The van der Waals surface area contributed by atoms with E-state index in [-0.39, 0.29) is 0 Å². The van der Waals surface area contributed by atoms with Gasteiger partial charge in [-0.05, 0) is 55.7 Å². The Morgan fingerprint density at radius 1 is 1.33 bits per heavy atom. The third-order valence-corrected chi connectivity index (χ3v) is 5.47. The van der Waals surface area contributed by atoms with Crippen LogP contribution in [0.15, 0.2) is 11.4 Å². The molecule has 1 atom stereocenters. The number of rotatable bonds is 5. The van der Waals surface area contributed by atoms with Gasteiger partial charge in [-0.25, -0.2) is 0 Å². The second-order valence-corrected chi connectivity index (χ2v) is 6.89. The largest absolute Gasteiger partial charge is 0.313 e. The normalized spacial score (nSPS) is 26.2. The van der Waals surface area contributed by atoms with Crippen LogP contribution in [0.3, 0.4) is 0 Å². The molecular weight excluding hydrogens is 238 g/mol. The fourth-order valence-electron chi connectivity index (χ4n) is 3.58. The molecule has 0 amide bonds. The molecule has 2 heteroatoms. The van der Waals surface area contributed by atoms with Crippen molar-refractivity contribution in [1.29, 1.82) is 0 Å². The van der Waals surface area contributed by atoms with Crippen LogP contribution in [0.25, 0.3) is 0 Å². The van der Waals surface area contributed by atoms with E-state index in [4.69, 9.17) is 0 Å². The third kappa shape index (κ3) is 3.16. The lowest BCUT2D eigenvalue weighted by molar-refractivity contribution is 0.219. The van der Waals surface area contributed by atoms with Gasteiger partial charge >= 0.3 is 0 Å². The highest BCUT2D eigenvalue weighted by atomic mass is 32.1. The monoisotopic (exact) mass is 265 g/mol. The van der Waals surface area contributed by atoms with E-state index >= 15 is 0 Å². The quantitative estimate of drug-likeness (QED) is 0.796. The average Bonchev–Trinajstić information content (AvgIpc) is 2.79. The van der Waals surface area contributed by atoms with E-state index in [0.717, 1.165) is 11.8 Å². The fourth-order valence-corrected chi connectivity index (χ4v) is 4.33. The van der Waals surface area contributed by atoms with E-state index in [1.54, 1.807) is 5.56 Å². The molecule has 1 aliphatic rings. The summed E-state index contributed by atoms with van der Waals surface area (Å²) in [5, 5.41) is 5.80. The molecule has 1 saturated carbocycles. The predicted molar refractivity (Wildman–Crippen MR) is 81.2 cm³/mol. The Balaban J connectivity index is 1.97. The Labute approximate surface area is 116 Å². The number of nitrogens with one attached hydrogen (secondary N) is 1. The first kappa shape index (κ1) is 14.1. The number of hydrogen-bond donors (Lipinski definition) is 1. The van der Waals surface area contributed by atoms with E-state index in [0.29, 0.717) is 6.04 Å². The van der Waals surface area contributed by atoms with Gasteiger partial charge in [0, 0.05) is 10.9 Å². The van der Waals surface area contributed by atoms with Crippen molar-refractivity contribution in [2.45, 2.75) is 58.4 Å². The van der Waals surface area contributed by atoms with Gasteiger partial charge in [-0.1, -0.05) is 32.6 Å². The lowest BCUT2D eigenvalue weighted by Gasteiger charge is -2.34. The van der Waals surface area contributed by atoms with Gasteiger partial charge in [0.2, 0.25) is 0 Å².